The molecule has 0 bridgehead atoms. The van der Waals surface area contributed by atoms with Crippen LogP contribution in [0, 0.1) is 13.8 Å². The van der Waals surface area contributed by atoms with E-state index in [4.69, 9.17) is 0 Å². The lowest BCUT2D eigenvalue weighted by Gasteiger charge is -2.34. The van der Waals surface area contributed by atoms with Crippen LogP contribution < -0.4 is 15.1 Å². The van der Waals surface area contributed by atoms with Crippen LogP contribution in [0.25, 0.3) is 0 Å². The SMILES string of the molecule is CC(=O)N(CC(=O)Nc1cc(C)cc(C)c1)c1ccc(N2CCN(C)CC2)cc1. The zero-order chi connectivity index (χ0) is 21.0. The molecule has 1 N–H and O–H groups in total. The number of benzene rings is 2. The monoisotopic (exact) mass is 394 g/mol. The smallest absolute Gasteiger partial charge is 0.244 e. The number of nitrogens with zero attached hydrogens (tertiary/aromatic N) is 3. The third-order valence-electron chi connectivity index (χ3n) is 5.22. The van der Waals surface area contributed by atoms with Gasteiger partial charge in [0.25, 0.3) is 0 Å². The van der Waals surface area contributed by atoms with Crippen molar-refractivity contribution in [1.82, 2.24) is 4.90 Å². The van der Waals surface area contributed by atoms with Gasteiger partial charge >= 0.3 is 0 Å². The molecule has 0 aromatic heterocycles. The van der Waals surface area contributed by atoms with Gasteiger partial charge in [-0.3, -0.25) is 9.59 Å². The van der Waals surface area contributed by atoms with Crippen LogP contribution in [-0.4, -0.2) is 56.5 Å². The van der Waals surface area contributed by atoms with E-state index in [1.165, 1.54) is 11.8 Å². The summed E-state index contributed by atoms with van der Waals surface area (Å²) in [6.07, 6.45) is 0. The molecule has 3 rings (SSSR count). The van der Waals surface area contributed by atoms with Crippen LogP contribution in [0.2, 0.25) is 0 Å². The van der Waals surface area contributed by atoms with Crippen LogP contribution in [0.3, 0.4) is 0 Å². The van der Waals surface area contributed by atoms with Gasteiger partial charge in [0, 0.05) is 50.2 Å². The maximum Gasteiger partial charge on any atom is 0.244 e. The minimum Gasteiger partial charge on any atom is -0.369 e. The number of carbonyl (C=O) groups is 2. The van der Waals surface area contributed by atoms with Crippen molar-refractivity contribution in [3.8, 4) is 0 Å². The first-order valence-corrected chi connectivity index (χ1v) is 10.0. The number of rotatable bonds is 5. The second-order valence-corrected chi connectivity index (χ2v) is 7.84. The second-order valence-electron chi connectivity index (χ2n) is 7.84. The number of aryl methyl sites for hydroxylation is 2. The standard InChI is InChI=1S/C23H30N4O2/c1-17-13-18(2)15-20(14-17)24-23(29)16-27(19(3)28)22-7-5-21(6-8-22)26-11-9-25(4)10-12-26/h5-8,13-15H,9-12,16H2,1-4H3,(H,24,29). The highest BCUT2D eigenvalue weighted by molar-refractivity contribution is 6.01. The molecule has 1 heterocycles. The number of hydrogen-bond donors (Lipinski definition) is 1. The average molecular weight is 395 g/mol. The molecule has 6 nitrogen and oxygen atoms in total. The van der Waals surface area contributed by atoms with Crippen molar-refractivity contribution < 1.29 is 9.59 Å². The molecule has 6 heteroatoms. The van der Waals surface area contributed by atoms with E-state index >= 15 is 0 Å². The summed E-state index contributed by atoms with van der Waals surface area (Å²) in [5, 5.41) is 2.90. The van der Waals surface area contributed by atoms with E-state index in [1.807, 2.05) is 50.2 Å². The molecule has 0 spiro atoms. The maximum absolute atomic E-state index is 12.6. The van der Waals surface area contributed by atoms with E-state index in [1.54, 1.807) is 0 Å². The summed E-state index contributed by atoms with van der Waals surface area (Å²) in [4.78, 5) is 30.9. The summed E-state index contributed by atoms with van der Waals surface area (Å²) < 4.78 is 0. The Morgan fingerprint density at radius 3 is 2.10 bits per heavy atom. The molecule has 1 aliphatic rings. The molecule has 1 aliphatic heterocycles. The molecule has 2 aromatic rings. The first kappa shape index (κ1) is 20.9. The summed E-state index contributed by atoms with van der Waals surface area (Å²) in [6.45, 7) is 9.52. The fourth-order valence-corrected chi connectivity index (χ4v) is 3.68. The molecule has 0 unspecified atom stereocenters. The van der Waals surface area contributed by atoms with Crippen molar-refractivity contribution >= 4 is 28.9 Å². The Bertz CT molecular complexity index is 851. The van der Waals surface area contributed by atoms with E-state index in [0.717, 1.165) is 54.4 Å². The van der Waals surface area contributed by atoms with Crippen molar-refractivity contribution in [2.24, 2.45) is 0 Å². The minimum atomic E-state index is -0.214. The summed E-state index contributed by atoms with van der Waals surface area (Å²) in [5.74, 6) is -0.374. The fourth-order valence-electron chi connectivity index (χ4n) is 3.68. The lowest BCUT2D eigenvalue weighted by Crippen LogP contribution is -2.44. The Kier molecular flexibility index (Phi) is 6.54. The van der Waals surface area contributed by atoms with Gasteiger partial charge in [-0.1, -0.05) is 6.07 Å². The normalized spacial score (nSPS) is 14.6. The van der Waals surface area contributed by atoms with Crippen molar-refractivity contribution in [2.75, 3.05) is 54.9 Å². The van der Waals surface area contributed by atoms with E-state index in [-0.39, 0.29) is 18.4 Å². The summed E-state index contributed by atoms with van der Waals surface area (Å²) in [7, 11) is 2.13. The Morgan fingerprint density at radius 2 is 1.55 bits per heavy atom. The summed E-state index contributed by atoms with van der Waals surface area (Å²) in [6, 6.07) is 13.8. The highest BCUT2D eigenvalue weighted by atomic mass is 16.2. The second kappa shape index (κ2) is 9.09. The highest BCUT2D eigenvalue weighted by Gasteiger charge is 2.18. The zero-order valence-electron chi connectivity index (χ0n) is 17.7. The zero-order valence-corrected chi connectivity index (χ0v) is 17.7. The van der Waals surface area contributed by atoms with Gasteiger partial charge in [-0.25, -0.2) is 0 Å². The number of hydrogen-bond acceptors (Lipinski definition) is 4. The van der Waals surface area contributed by atoms with Gasteiger partial charge in [0.15, 0.2) is 0 Å². The first-order chi connectivity index (χ1) is 13.8. The van der Waals surface area contributed by atoms with E-state index in [9.17, 15) is 9.59 Å². The van der Waals surface area contributed by atoms with Crippen molar-refractivity contribution in [3.05, 3.63) is 53.6 Å². The number of nitrogens with one attached hydrogen (secondary N) is 1. The molecule has 154 valence electrons. The number of carbonyl (C=O) groups excluding carboxylic acids is 2. The predicted octanol–water partition coefficient (Wildman–Crippen LogP) is 3.05. The van der Waals surface area contributed by atoms with Crippen molar-refractivity contribution in [2.45, 2.75) is 20.8 Å². The summed E-state index contributed by atoms with van der Waals surface area (Å²) in [5.41, 5.74) is 4.80. The van der Waals surface area contributed by atoms with Crippen LogP contribution in [-0.2, 0) is 9.59 Å². The molecule has 1 saturated heterocycles. The Morgan fingerprint density at radius 1 is 0.966 bits per heavy atom. The van der Waals surface area contributed by atoms with Gasteiger partial charge in [0.1, 0.15) is 6.54 Å². The Balaban J connectivity index is 1.67. The van der Waals surface area contributed by atoms with Gasteiger partial charge in [-0.15, -0.1) is 0 Å². The van der Waals surface area contributed by atoms with Gasteiger partial charge < -0.3 is 20.0 Å². The third-order valence-corrected chi connectivity index (χ3v) is 5.22. The minimum absolute atomic E-state index is 0.0177. The lowest BCUT2D eigenvalue weighted by atomic mass is 10.1. The lowest BCUT2D eigenvalue weighted by molar-refractivity contribution is -0.120. The number of amides is 2. The van der Waals surface area contributed by atoms with Crippen molar-refractivity contribution in [3.63, 3.8) is 0 Å². The molecule has 0 saturated carbocycles. The fraction of sp³-hybridized carbons (Fsp3) is 0.391. The number of piperazine rings is 1. The average Bonchev–Trinajstić information content (AvgIpc) is 2.66. The van der Waals surface area contributed by atoms with E-state index in [2.05, 4.69) is 28.2 Å². The van der Waals surface area contributed by atoms with Gasteiger partial charge in [-0.2, -0.15) is 0 Å². The molecule has 1 fully saturated rings. The number of likely N-dealkylation sites (N-methyl/N-ethyl adjacent to an activating group) is 1. The molecular weight excluding hydrogens is 364 g/mol. The van der Waals surface area contributed by atoms with Crippen LogP contribution in [0.1, 0.15) is 18.1 Å². The van der Waals surface area contributed by atoms with Gasteiger partial charge in [0.2, 0.25) is 11.8 Å². The Labute approximate surface area is 173 Å². The van der Waals surface area contributed by atoms with Crippen LogP contribution in [0.4, 0.5) is 17.1 Å². The number of anilines is 3. The van der Waals surface area contributed by atoms with Gasteiger partial charge in [-0.05, 0) is 68.4 Å². The van der Waals surface area contributed by atoms with Crippen LogP contribution in [0.15, 0.2) is 42.5 Å². The van der Waals surface area contributed by atoms with Crippen molar-refractivity contribution in [1.29, 1.82) is 0 Å². The Hall–Kier alpha value is -2.86. The largest absolute Gasteiger partial charge is 0.369 e. The molecule has 2 amide bonds. The molecular formula is C23H30N4O2. The van der Waals surface area contributed by atoms with Crippen LogP contribution >= 0.6 is 0 Å². The molecule has 0 radical (unpaired) electrons. The molecule has 0 atom stereocenters. The third kappa shape index (κ3) is 5.57. The van der Waals surface area contributed by atoms with Gasteiger partial charge in [0.05, 0.1) is 0 Å². The predicted molar refractivity (Wildman–Crippen MR) is 119 cm³/mol. The molecule has 29 heavy (non-hydrogen) atoms. The van der Waals surface area contributed by atoms with Crippen LogP contribution in [0.5, 0.6) is 0 Å². The quantitative estimate of drug-likeness (QED) is 0.847. The first-order valence-electron chi connectivity index (χ1n) is 10.0. The highest BCUT2D eigenvalue weighted by Crippen LogP contribution is 2.22. The molecule has 2 aromatic carbocycles. The van der Waals surface area contributed by atoms with E-state index < -0.39 is 0 Å². The topological polar surface area (TPSA) is 55.9 Å². The summed E-state index contributed by atoms with van der Waals surface area (Å²) >= 11 is 0. The molecule has 0 aliphatic carbocycles. The van der Waals surface area contributed by atoms with E-state index in [0.29, 0.717) is 0 Å². The maximum atomic E-state index is 12.6.